The third-order valence-corrected chi connectivity index (χ3v) is 3.75. The quantitative estimate of drug-likeness (QED) is 0.932. The molecule has 2 aromatic heterocycles. The lowest BCUT2D eigenvalue weighted by atomic mass is 10.1. The number of nitrogens with zero attached hydrogens (tertiary/aromatic N) is 5. The second-order valence-corrected chi connectivity index (χ2v) is 5.29. The van der Waals surface area contributed by atoms with Gasteiger partial charge in [-0.25, -0.2) is 15.0 Å². The summed E-state index contributed by atoms with van der Waals surface area (Å²) in [6, 6.07) is 6.11. The van der Waals surface area contributed by atoms with Gasteiger partial charge in [0.1, 0.15) is 11.9 Å². The zero-order valence-electron chi connectivity index (χ0n) is 12.4. The van der Waals surface area contributed by atoms with Crippen LogP contribution in [0.25, 0.3) is 0 Å². The molecule has 0 atom stereocenters. The van der Waals surface area contributed by atoms with Crippen LogP contribution in [0.2, 0.25) is 0 Å². The predicted molar refractivity (Wildman–Crippen MR) is 84.4 cm³/mol. The molecule has 0 radical (unpaired) electrons. The Morgan fingerprint density at radius 2 is 1.91 bits per heavy atom. The van der Waals surface area contributed by atoms with Gasteiger partial charge in [0.2, 0.25) is 0 Å². The summed E-state index contributed by atoms with van der Waals surface area (Å²) < 4.78 is 0. The highest BCUT2D eigenvalue weighted by molar-refractivity contribution is 5.48. The van der Waals surface area contributed by atoms with Gasteiger partial charge in [-0.2, -0.15) is 5.26 Å². The van der Waals surface area contributed by atoms with E-state index in [2.05, 4.69) is 31.2 Å². The predicted octanol–water partition coefficient (Wildman–Crippen LogP) is 2.35. The monoisotopic (exact) mass is 294 g/mol. The first kappa shape index (κ1) is 14.3. The zero-order chi connectivity index (χ0) is 15.2. The largest absolute Gasteiger partial charge is 0.364 e. The molecule has 1 aliphatic heterocycles. The molecule has 0 saturated carbocycles. The van der Waals surface area contributed by atoms with Crippen LogP contribution in [0, 0.1) is 11.3 Å². The molecule has 3 rings (SSSR count). The Kier molecular flexibility index (Phi) is 4.44. The molecule has 0 aliphatic carbocycles. The Morgan fingerprint density at radius 3 is 2.73 bits per heavy atom. The number of nitriles is 1. The van der Waals surface area contributed by atoms with Crippen LogP contribution in [0.3, 0.4) is 0 Å². The highest BCUT2D eigenvalue weighted by Crippen LogP contribution is 2.19. The molecular weight excluding hydrogens is 276 g/mol. The summed E-state index contributed by atoms with van der Waals surface area (Å²) >= 11 is 0. The smallest absolute Gasteiger partial charge is 0.182 e. The lowest BCUT2D eigenvalue weighted by Crippen LogP contribution is -2.30. The highest BCUT2D eigenvalue weighted by Gasteiger charge is 2.12. The van der Waals surface area contributed by atoms with E-state index in [9.17, 15) is 0 Å². The van der Waals surface area contributed by atoms with E-state index >= 15 is 0 Å². The summed E-state index contributed by atoms with van der Waals surface area (Å²) in [5.41, 5.74) is 1.43. The number of hydrogen-bond donors (Lipinski definition) is 1. The summed E-state index contributed by atoms with van der Waals surface area (Å²) in [5.74, 6) is 1.54. The van der Waals surface area contributed by atoms with Crippen molar-refractivity contribution >= 4 is 11.6 Å². The van der Waals surface area contributed by atoms with Crippen molar-refractivity contribution in [2.45, 2.75) is 25.8 Å². The first-order valence-corrected chi connectivity index (χ1v) is 7.51. The average Bonchev–Trinajstić information content (AvgIpc) is 2.61. The van der Waals surface area contributed by atoms with E-state index < -0.39 is 0 Å². The normalized spacial score (nSPS) is 14.4. The second kappa shape index (κ2) is 6.85. The Balaban J connectivity index is 1.69. The molecule has 2 aromatic rings. The fourth-order valence-electron chi connectivity index (χ4n) is 2.60. The third kappa shape index (κ3) is 3.31. The fourth-order valence-corrected chi connectivity index (χ4v) is 2.60. The summed E-state index contributed by atoms with van der Waals surface area (Å²) in [5, 5.41) is 12.2. The van der Waals surface area contributed by atoms with Crippen molar-refractivity contribution in [1.82, 2.24) is 15.0 Å². The summed E-state index contributed by atoms with van der Waals surface area (Å²) in [6.45, 7) is 2.75. The van der Waals surface area contributed by atoms with Crippen LogP contribution in [-0.2, 0) is 6.54 Å². The van der Waals surface area contributed by atoms with Gasteiger partial charge < -0.3 is 10.2 Å². The number of hydrogen-bond acceptors (Lipinski definition) is 6. The molecule has 6 nitrogen and oxygen atoms in total. The highest BCUT2D eigenvalue weighted by atomic mass is 15.2. The Morgan fingerprint density at radius 1 is 1.09 bits per heavy atom. The van der Waals surface area contributed by atoms with Crippen molar-refractivity contribution in [3.63, 3.8) is 0 Å². The number of anilines is 2. The van der Waals surface area contributed by atoms with Crippen LogP contribution in [0.4, 0.5) is 11.6 Å². The van der Waals surface area contributed by atoms with E-state index in [0.29, 0.717) is 18.1 Å². The molecule has 1 saturated heterocycles. The maximum atomic E-state index is 9.02. The Hall–Kier alpha value is -2.68. The minimum absolute atomic E-state index is 0.313. The molecule has 0 aromatic carbocycles. The fraction of sp³-hybridized carbons (Fsp3) is 0.375. The maximum absolute atomic E-state index is 9.02. The zero-order valence-corrected chi connectivity index (χ0v) is 12.4. The minimum Gasteiger partial charge on any atom is -0.364 e. The molecule has 1 N–H and O–H groups in total. The molecule has 1 fully saturated rings. The van der Waals surface area contributed by atoms with Gasteiger partial charge in [0.25, 0.3) is 0 Å². The Bertz CT molecular complexity index is 672. The van der Waals surface area contributed by atoms with Crippen molar-refractivity contribution < 1.29 is 0 Å². The molecule has 1 aliphatic rings. The number of pyridine rings is 1. The van der Waals surface area contributed by atoms with Crippen molar-refractivity contribution in [3.8, 4) is 6.07 Å². The van der Waals surface area contributed by atoms with E-state index in [1.165, 1.54) is 25.5 Å². The van der Waals surface area contributed by atoms with Gasteiger partial charge in [-0.05, 0) is 37.0 Å². The number of aromatic nitrogens is 3. The second-order valence-electron chi connectivity index (χ2n) is 5.29. The molecule has 6 heteroatoms. The number of piperidine rings is 1. The number of nitrogens with one attached hydrogen (secondary N) is 1. The van der Waals surface area contributed by atoms with Crippen LogP contribution in [0.5, 0.6) is 0 Å². The van der Waals surface area contributed by atoms with Crippen molar-refractivity contribution in [2.24, 2.45) is 0 Å². The topological polar surface area (TPSA) is 77.7 Å². The van der Waals surface area contributed by atoms with Gasteiger partial charge in [-0.3, -0.25) is 0 Å². The van der Waals surface area contributed by atoms with E-state index in [4.69, 9.17) is 5.26 Å². The SMILES string of the molecule is N#Cc1nccnc1NCc1ccnc(N2CCCCC2)c1. The van der Waals surface area contributed by atoms with Gasteiger partial charge in [0.15, 0.2) is 11.5 Å². The summed E-state index contributed by atoms with van der Waals surface area (Å²) in [6.07, 6.45) is 8.70. The summed E-state index contributed by atoms with van der Waals surface area (Å²) in [4.78, 5) is 14.9. The first-order chi connectivity index (χ1) is 10.9. The molecule has 0 amide bonds. The van der Waals surface area contributed by atoms with Crippen LogP contribution in [-0.4, -0.2) is 28.0 Å². The lowest BCUT2D eigenvalue weighted by molar-refractivity contribution is 0.573. The standard InChI is InChI=1S/C16H18N6/c17-11-14-16(20-7-6-18-14)21-12-13-4-5-19-15(10-13)22-8-2-1-3-9-22/h4-7,10H,1-3,8-9,12H2,(H,20,21). The average molecular weight is 294 g/mol. The van der Waals surface area contributed by atoms with Gasteiger partial charge in [-0.1, -0.05) is 0 Å². The molecule has 22 heavy (non-hydrogen) atoms. The van der Waals surface area contributed by atoms with E-state index in [-0.39, 0.29) is 0 Å². The molecular formula is C16H18N6. The first-order valence-electron chi connectivity index (χ1n) is 7.51. The van der Waals surface area contributed by atoms with E-state index in [0.717, 1.165) is 24.5 Å². The maximum Gasteiger partial charge on any atom is 0.182 e. The van der Waals surface area contributed by atoms with E-state index in [1.807, 2.05) is 18.3 Å². The van der Waals surface area contributed by atoms with Crippen molar-refractivity contribution in [3.05, 3.63) is 42.0 Å². The van der Waals surface area contributed by atoms with Gasteiger partial charge in [0, 0.05) is 38.2 Å². The van der Waals surface area contributed by atoms with Gasteiger partial charge in [-0.15, -0.1) is 0 Å². The van der Waals surface area contributed by atoms with Crippen molar-refractivity contribution in [2.75, 3.05) is 23.3 Å². The van der Waals surface area contributed by atoms with E-state index in [1.54, 1.807) is 6.20 Å². The third-order valence-electron chi connectivity index (χ3n) is 3.75. The van der Waals surface area contributed by atoms with Crippen LogP contribution in [0.15, 0.2) is 30.7 Å². The molecule has 0 unspecified atom stereocenters. The summed E-state index contributed by atoms with van der Waals surface area (Å²) in [7, 11) is 0. The molecule has 112 valence electrons. The minimum atomic E-state index is 0.313. The van der Waals surface area contributed by atoms with Crippen LogP contribution in [0.1, 0.15) is 30.5 Å². The molecule has 0 spiro atoms. The van der Waals surface area contributed by atoms with Gasteiger partial charge in [0.05, 0.1) is 0 Å². The Labute approximate surface area is 129 Å². The number of rotatable bonds is 4. The van der Waals surface area contributed by atoms with Crippen molar-refractivity contribution in [1.29, 1.82) is 5.26 Å². The molecule has 0 bridgehead atoms. The van der Waals surface area contributed by atoms with Gasteiger partial charge >= 0.3 is 0 Å². The van der Waals surface area contributed by atoms with Crippen LogP contribution >= 0.6 is 0 Å². The molecule has 3 heterocycles. The van der Waals surface area contributed by atoms with Crippen LogP contribution < -0.4 is 10.2 Å². The lowest BCUT2D eigenvalue weighted by Gasteiger charge is -2.27.